The van der Waals surface area contributed by atoms with Crippen molar-refractivity contribution in [1.82, 2.24) is 5.32 Å². The first kappa shape index (κ1) is 14.2. The second-order valence-electron chi connectivity index (χ2n) is 4.67. The zero-order valence-electron chi connectivity index (χ0n) is 10.4. The molecule has 108 valence electrons. The number of aliphatic carboxylic acids is 1. The Bertz CT molecular complexity index is 512. The third-order valence-corrected chi connectivity index (χ3v) is 3.24. The molecule has 5 nitrogen and oxygen atoms in total. The van der Waals surface area contributed by atoms with Crippen LogP contribution in [0.25, 0.3) is 0 Å². The zero-order chi connectivity index (χ0) is 14.8. The van der Waals surface area contributed by atoms with E-state index in [9.17, 15) is 18.4 Å². The molecule has 1 fully saturated rings. The molecule has 0 bridgehead atoms. The number of halogens is 2. The normalized spacial score (nSPS) is 15.8. The van der Waals surface area contributed by atoms with Gasteiger partial charge in [0.15, 0.2) is 0 Å². The SMILES string of the molecule is O=C(NCC1(C(=O)O)CC1)c1ccc(OC(F)F)cc1. The lowest BCUT2D eigenvalue weighted by molar-refractivity contribution is -0.143. The maximum atomic E-state index is 12.0. The number of carboxylic acid groups (broad SMARTS) is 1. The van der Waals surface area contributed by atoms with Crippen LogP contribution in [0.1, 0.15) is 23.2 Å². The first-order chi connectivity index (χ1) is 9.43. The van der Waals surface area contributed by atoms with Crippen molar-refractivity contribution >= 4 is 11.9 Å². The Morgan fingerprint density at radius 2 is 1.90 bits per heavy atom. The van der Waals surface area contributed by atoms with E-state index in [-0.39, 0.29) is 17.9 Å². The molecule has 0 radical (unpaired) electrons. The highest BCUT2D eigenvalue weighted by Gasteiger charge is 2.50. The minimum atomic E-state index is -2.92. The number of carboxylic acids is 1. The average molecular weight is 285 g/mol. The van der Waals surface area contributed by atoms with Crippen molar-refractivity contribution in [1.29, 1.82) is 0 Å². The fraction of sp³-hybridized carbons (Fsp3) is 0.385. The number of hydrogen-bond donors (Lipinski definition) is 2. The van der Waals surface area contributed by atoms with Crippen LogP contribution in [0.3, 0.4) is 0 Å². The fourth-order valence-corrected chi connectivity index (χ4v) is 1.76. The van der Waals surface area contributed by atoms with Gasteiger partial charge in [0.1, 0.15) is 5.75 Å². The number of carbonyl (C=O) groups is 2. The highest BCUT2D eigenvalue weighted by molar-refractivity contribution is 5.94. The first-order valence-corrected chi connectivity index (χ1v) is 5.99. The molecule has 1 aliphatic carbocycles. The van der Waals surface area contributed by atoms with Gasteiger partial charge in [0.05, 0.1) is 5.41 Å². The van der Waals surface area contributed by atoms with Gasteiger partial charge in [0, 0.05) is 12.1 Å². The minimum absolute atomic E-state index is 0.0410. The molecule has 1 aromatic rings. The summed E-state index contributed by atoms with van der Waals surface area (Å²) in [7, 11) is 0. The van der Waals surface area contributed by atoms with E-state index >= 15 is 0 Å². The summed E-state index contributed by atoms with van der Waals surface area (Å²) in [5.74, 6) is -1.40. The molecule has 0 aliphatic heterocycles. The van der Waals surface area contributed by atoms with E-state index in [0.29, 0.717) is 12.8 Å². The molecular weight excluding hydrogens is 272 g/mol. The molecule has 0 aromatic heterocycles. The number of carbonyl (C=O) groups excluding carboxylic acids is 1. The second kappa shape index (κ2) is 5.44. The van der Waals surface area contributed by atoms with Gasteiger partial charge in [-0.05, 0) is 37.1 Å². The third kappa shape index (κ3) is 3.23. The summed E-state index contributed by atoms with van der Waals surface area (Å²) in [6, 6.07) is 5.19. The fourth-order valence-electron chi connectivity index (χ4n) is 1.76. The maximum absolute atomic E-state index is 12.0. The molecule has 1 aromatic carbocycles. The van der Waals surface area contributed by atoms with Crippen LogP contribution in [-0.2, 0) is 4.79 Å². The molecule has 7 heteroatoms. The van der Waals surface area contributed by atoms with E-state index in [4.69, 9.17) is 5.11 Å². The number of rotatable bonds is 6. The highest BCUT2D eigenvalue weighted by Crippen LogP contribution is 2.45. The summed E-state index contributed by atoms with van der Waals surface area (Å²) in [6.07, 6.45) is 1.09. The number of nitrogens with one attached hydrogen (secondary N) is 1. The van der Waals surface area contributed by atoms with Crippen LogP contribution in [0.4, 0.5) is 8.78 Å². The van der Waals surface area contributed by atoms with Gasteiger partial charge in [0.2, 0.25) is 0 Å². The van der Waals surface area contributed by atoms with Crippen molar-refractivity contribution in [2.24, 2.45) is 5.41 Å². The summed E-state index contributed by atoms with van der Waals surface area (Å²) in [6.45, 7) is -2.85. The smallest absolute Gasteiger partial charge is 0.387 e. The van der Waals surface area contributed by atoms with E-state index in [1.54, 1.807) is 0 Å². The van der Waals surface area contributed by atoms with Gasteiger partial charge in [-0.15, -0.1) is 0 Å². The Morgan fingerprint density at radius 1 is 1.30 bits per heavy atom. The third-order valence-electron chi connectivity index (χ3n) is 3.24. The molecule has 0 atom stereocenters. The predicted octanol–water partition coefficient (Wildman–Crippen LogP) is 1.88. The van der Waals surface area contributed by atoms with Gasteiger partial charge in [-0.25, -0.2) is 0 Å². The van der Waals surface area contributed by atoms with Crippen molar-refractivity contribution in [2.75, 3.05) is 6.54 Å². The summed E-state index contributed by atoms with van der Waals surface area (Å²) < 4.78 is 28.1. The van der Waals surface area contributed by atoms with E-state index in [1.807, 2.05) is 0 Å². The molecule has 1 amide bonds. The van der Waals surface area contributed by atoms with Gasteiger partial charge in [-0.2, -0.15) is 8.78 Å². The molecule has 0 saturated heterocycles. The molecule has 0 spiro atoms. The molecule has 2 rings (SSSR count). The van der Waals surface area contributed by atoms with Crippen molar-refractivity contribution < 1.29 is 28.2 Å². The van der Waals surface area contributed by atoms with Crippen LogP contribution < -0.4 is 10.1 Å². The molecular formula is C13H13F2NO4. The minimum Gasteiger partial charge on any atom is -0.481 e. The standard InChI is InChI=1S/C13H13F2NO4/c14-12(15)20-9-3-1-8(2-4-9)10(17)16-7-13(5-6-13)11(18)19/h1-4,12H,5-7H2,(H,16,17)(H,18,19). The number of ether oxygens (including phenoxy) is 1. The first-order valence-electron chi connectivity index (χ1n) is 5.99. The molecule has 1 saturated carbocycles. The maximum Gasteiger partial charge on any atom is 0.387 e. The quantitative estimate of drug-likeness (QED) is 0.836. The Balaban J connectivity index is 1.91. The van der Waals surface area contributed by atoms with Gasteiger partial charge in [-0.3, -0.25) is 9.59 Å². The Labute approximate surface area is 113 Å². The number of alkyl halides is 2. The van der Waals surface area contributed by atoms with E-state index < -0.39 is 23.9 Å². The summed E-state index contributed by atoms with van der Waals surface area (Å²) in [5, 5.41) is 11.5. The van der Waals surface area contributed by atoms with Gasteiger partial charge < -0.3 is 15.2 Å². The monoisotopic (exact) mass is 285 g/mol. The van der Waals surface area contributed by atoms with Gasteiger partial charge >= 0.3 is 12.6 Å². The topological polar surface area (TPSA) is 75.6 Å². The summed E-state index contributed by atoms with van der Waals surface area (Å²) >= 11 is 0. The molecule has 1 aliphatic rings. The lowest BCUT2D eigenvalue weighted by Crippen LogP contribution is -2.34. The van der Waals surface area contributed by atoms with Crippen molar-refractivity contribution in [3.63, 3.8) is 0 Å². The lowest BCUT2D eigenvalue weighted by atomic mass is 10.1. The highest BCUT2D eigenvalue weighted by atomic mass is 19.3. The summed E-state index contributed by atoms with van der Waals surface area (Å²) in [5.41, 5.74) is -0.582. The molecule has 0 unspecified atom stereocenters. The molecule has 0 heterocycles. The molecule has 20 heavy (non-hydrogen) atoms. The van der Waals surface area contributed by atoms with Crippen LogP contribution >= 0.6 is 0 Å². The van der Waals surface area contributed by atoms with Crippen molar-refractivity contribution in [2.45, 2.75) is 19.5 Å². The van der Waals surface area contributed by atoms with Crippen LogP contribution in [0.5, 0.6) is 5.75 Å². The van der Waals surface area contributed by atoms with Crippen LogP contribution in [-0.4, -0.2) is 30.1 Å². The number of hydrogen-bond acceptors (Lipinski definition) is 3. The Morgan fingerprint density at radius 3 is 2.35 bits per heavy atom. The number of benzene rings is 1. The van der Waals surface area contributed by atoms with Gasteiger partial charge in [0.25, 0.3) is 5.91 Å². The second-order valence-corrected chi connectivity index (χ2v) is 4.67. The Kier molecular flexibility index (Phi) is 3.87. The number of amides is 1. The molecule has 2 N–H and O–H groups in total. The van der Waals surface area contributed by atoms with Crippen molar-refractivity contribution in [3.8, 4) is 5.75 Å². The van der Waals surface area contributed by atoms with Crippen LogP contribution in [0.2, 0.25) is 0 Å². The van der Waals surface area contributed by atoms with E-state index in [2.05, 4.69) is 10.1 Å². The zero-order valence-corrected chi connectivity index (χ0v) is 10.4. The lowest BCUT2D eigenvalue weighted by Gasteiger charge is -2.11. The van der Waals surface area contributed by atoms with E-state index in [1.165, 1.54) is 24.3 Å². The Hall–Kier alpha value is -2.18. The van der Waals surface area contributed by atoms with Crippen LogP contribution in [0, 0.1) is 5.41 Å². The average Bonchev–Trinajstić information content (AvgIpc) is 3.17. The van der Waals surface area contributed by atoms with Crippen molar-refractivity contribution in [3.05, 3.63) is 29.8 Å². The summed E-state index contributed by atoms with van der Waals surface area (Å²) in [4.78, 5) is 22.7. The van der Waals surface area contributed by atoms with Crippen LogP contribution in [0.15, 0.2) is 24.3 Å². The largest absolute Gasteiger partial charge is 0.481 e. The predicted molar refractivity (Wildman–Crippen MR) is 64.7 cm³/mol. The van der Waals surface area contributed by atoms with E-state index in [0.717, 1.165) is 0 Å². The van der Waals surface area contributed by atoms with Gasteiger partial charge in [-0.1, -0.05) is 0 Å².